The van der Waals surface area contributed by atoms with Crippen molar-refractivity contribution in [3.05, 3.63) is 64.7 Å². The van der Waals surface area contributed by atoms with Crippen molar-refractivity contribution < 1.29 is 24.5 Å². The van der Waals surface area contributed by atoms with Crippen molar-refractivity contribution in [3.63, 3.8) is 0 Å². The van der Waals surface area contributed by atoms with Gasteiger partial charge < -0.3 is 0 Å². The quantitative estimate of drug-likeness (QED) is 0.640. The molecule has 0 N–H and O–H groups in total. The number of nitrogens with zero attached hydrogens (tertiary/aromatic N) is 1. The van der Waals surface area contributed by atoms with Crippen molar-refractivity contribution in [3.8, 4) is 4.97 Å². The number of benzene rings is 2. The molecule has 0 amide bonds. The summed E-state index contributed by atoms with van der Waals surface area (Å²) in [4.78, 5) is 26.9. The average Bonchev–Trinajstić information content (AvgIpc) is 2.45. The van der Waals surface area contributed by atoms with Gasteiger partial charge in [-0.05, 0) is 0 Å². The van der Waals surface area contributed by atoms with Gasteiger partial charge in [0.2, 0.25) is 0 Å². The van der Waals surface area contributed by atoms with Gasteiger partial charge in [0.15, 0.2) is 0 Å². The van der Waals surface area contributed by atoms with Crippen LogP contribution in [-0.4, -0.2) is 11.6 Å². The third-order valence-electron chi connectivity index (χ3n) is 3.03. The first-order chi connectivity index (χ1) is 9.24. The summed E-state index contributed by atoms with van der Waals surface area (Å²) in [6, 6.07) is 11.9. The van der Waals surface area contributed by atoms with E-state index in [1.165, 1.54) is 0 Å². The van der Waals surface area contributed by atoms with Gasteiger partial charge in [0, 0.05) is 0 Å². The van der Waals surface area contributed by atoms with Gasteiger partial charge in [-0.15, -0.1) is 0 Å². The molecule has 0 unspecified atom stereocenters. The summed E-state index contributed by atoms with van der Waals surface area (Å²) in [5, 5.41) is 8.82. The van der Waals surface area contributed by atoms with E-state index < -0.39 is 0 Å². The van der Waals surface area contributed by atoms with Crippen molar-refractivity contribution >= 4 is 16.0 Å². The van der Waals surface area contributed by atoms with Crippen LogP contribution < -0.4 is 4.46 Å². The fourth-order valence-electron chi connectivity index (χ4n) is 2.21. The molecule has 0 fully saturated rings. The number of ketones is 2. The molecule has 1 aliphatic rings. The maximum atomic E-state index is 12.5. The van der Waals surface area contributed by atoms with Crippen molar-refractivity contribution in [2.45, 2.75) is 0 Å². The molecule has 0 aliphatic heterocycles. The fourth-order valence-corrected chi connectivity index (χ4v) is 2.95. The summed E-state index contributed by atoms with van der Waals surface area (Å²) in [6.45, 7) is 0. The molecule has 2 aromatic carbocycles. The number of fused-ring (bicyclic) bond motifs is 2. The Morgan fingerprint density at radius 2 is 1.47 bits per heavy atom. The SMILES string of the molecule is N#[C][Fe][c]1cccc2c1C(=O)c1ccccc1C2=O. The van der Waals surface area contributed by atoms with E-state index in [2.05, 4.69) is 0 Å². The standard InChI is InChI=1S/C14H7O2.CN.Fe/c15-13-9-5-1-2-6-10(9)14(16)12-8-4-3-7-11(12)13;1-2;/h1-7H;;. The van der Waals surface area contributed by atoms with Crippen molar-refractivity contribution in [1.82, 2.24) is 0 Å². The molecule has 3 rings (SSSR count). The van der Waals surface area contributed by atoms with E-state index >= 15 is 0 Å². The molecule has 0 bridgehead atoms. The van der Waals surface area contributed by atoms with E-state index in [1.807, 2.05) is 4.97 Å². The van der Waals surface area contributed by atoms with Crippen LogP contribution >= 0.6 is 0 Å². The molecule has 0 saturated carbocycles. The topological polar surface area (TPSA) is 57.9 Å². The summed E-state index contributed by atoms with van der Waals surface area (Å²) in [5.41, 5.74) is 1.64. The summed E-state index contributed by atoms with van der Waals surface area (Å²) in [7, 11) is 0. The number of carbonyl (C=O) groups is 2. The van der Waals surface area contributed by atoms with Gasteiger partial charge in [0.05, 0.1) is 0 Å². The molecule has 3 nitrogen and oxygen atoms in total. The minimum absolute atomic E-state index is 0.129. The fraction of sp³-hybridized carbons (Fsp3) is 0. The molecule has 1 aliphatic carbocycles. The Morgan fingerprint density at radius 3 is 2.16 bits per heavy atom. The van der Waals surface area contributed by atoms with Gasteiger partial charge in [-0.1, -0.05) is 0 Å². The predicted octanol–water partition coefficient (Wildman–Crippen LogP) is 1.65. The molecule has 0 saturated heterocycles. The predicted molar refractivity (Wildman–Crippen MR) is 65.0 cm³/mol. The van der Waals surface area contributed by atoms with Crippen LogP contribution in [0, 0.1) is 10.2 Å². The zero-order valence-electron chi connectivity index (χ0n) is 9.66. The molecule has 0 radical (unpaired) electrons. The van der Waals surface area contributed by atoms with Gasteiger partial charge in [0.1, 0.15) is 0 Å². The summed E-state index contributed by atoms with van der Waals surface area (Å²) in [5.74, 6) is -0.318. The monoisotopic (exact) mass is 289 g/mol. The summed E-state index contributed by atoms with van der Waals surface area (Å²) in [6.07, 6.45) is 0. The molecule has 0 spiro atoms. The first-order valence-corrected chi connectivity index (χ1v) is 6.66. The molecular weight excluding hydrogens is 282 g/mol. The van der Waals surface area contributed by atoms with Gasteiger partial charge in [-0.25, -0.2) is 0 Å². The van der Waals surface area contributed by atoms with Crippen LogP contribution in [0.2, 0.25) is 0 Å². The van der Waals surface area contributed by atoms with Crippen molar-refractivity contribution in [2.24, 2.45) is 0 Å². The van der Waals surface area contributed by atoms with Gasteiger partial charge >= 0.3 is 116 Å². The van der Waals surface area contributed by atoms with E-state index in [-0.39, 0.29) is 26.5 Å². The molecule has 0 heterocycles. The second kappa shape index (κ2) is 4.47. The Labute approximate surface area is 116 Å². The Kier molecular flexibility index (Phi) is 2.79. The Hall–Kier alpha value is -2.21. The van der Waals surface area contributed by atoms with Crippen LogP contribution in [0.5, 0.6) is 0 Å². The van der Waals surface area contributed by atoms with E-state index in [4.69, 9.17) is 5.26 Å². The first kappa shape index (κ1) is 11.9. The zero-order chi connectivity index (χ0) is 13.4. The van der Waals surface area contributed by atoms with Crippen LogP contribution in [0.4, 0.5) is 0 Å². The molecule has 19 heavy (non-hydrogen) atoms. The molecule has 92 valence electrons. The van der Waals surface area contributed by atoms with E-state index in [0.717, 1.165) is 0 Å². The van der Waals surface area contributed by atoms with Crippen molar-refractivity contribution in [1.29, 1.82) is 5.26 Å². The van der Waals surface area contributed by atoms with Gasteiger partial charge in [-0.2, -0.15) is 0 Å². The normalized spacial score (nSPS) is 12.8. The van der Waals surface area contributed by atoms with Crippen LogP contribution in [-0.2, 0) is 15.0 Å². The Bertz CT molecular complexity index is 759. The molecule has 4 heteroatoms. The van der Waals surface area contributed by atoms with E-state index in [1.54, 1.807) is 42.5 Å². The van der Waals surface area contributed by atoms with Gasteiger partial charge in [0.25, 0.3) is 0 Å². The average molecular weight is 289 g/mol. The second-order valence-electron chi connectivity index (χ2n) is 4.02. The van der Waals surface area contributed by atoms with Crippen LogP contribution in [0.3, 0.4) is 0 Å². The van der Waals surface area contributed by atoms with Crippen molar-refractivity contribution in [2.75, 3.05) is 0 Å². The summed E-state index contributed by atoms with van der Waals surface area (Å²) < 4.78 is 0.618. The summed E-state index contributed by atoms with van der Waals surface area (Å²) >= 11 is 0.129. The van der Waals surface area contributed by atoms with E-state index in [9.17, 15) is 9.59 Å². The molecular formula is C15H7FeNO2. The van der Waals surface area contributed by atoms with Crippen LogP contribution in [0.25, 0.3) is 0 Å². The first-order valence-electron chi connectivity index (χ1n) is 5.56. The van der Waals surface area contributed by atoms with E-state index in [0.29, 0.717) is 26.7 Å². The number of hydrogen-bond donors (Lipinski definition) is 0. The zero-order valence-corrected chi connectivity index (χ0v) is 10.8. The Balaban J connectivity index is 2.30. The third-order valence-corrected chi connectivity index (χ3v) is 3.91. The minimum atomic E-state index is -0.170. The molecule has 0 aromatic heterocycles. The second-order valence-corrected chi connectivity index (χ2v) is 5.14. The molecule has 2 aromatic rings. The van der Waals surface area contributed by atoms with Crippen LogP contribution in [0.15, 0.2) is 42.5 Å². The number of nitriles is 1. The number of carbonyl (C=O) groups excluding carboxylic acids is 2. The Morgan fingerprint density at radius 1 is 0.842 bits per heavy atom. The number of rotatable bonds is 1. The van der Waals surface area contributed by atoms with Crippen LogP contribution in [0.1, 0.15) is 31.8 Å². The maximum absolute atomic E-state index is 12.5. The number of hydrogen-bond acceptors (Lipinski definition) is 3. The molecule has 0 atom stereocenters. The third kappa shape index (κ3) is 1.72. The van der Waals surface area contributed by atoms with Gasteiger partial charge in [-0.3, -0.25) is 0 Å².